The second kappa shape index (κ2) is 5.92. The van der Waals surface area contributed by atoms with Crippen LogP contribution in [-0.4, -0.2) is 25.0 Å². The van der Waals surface area contributed by atoms with Gasteiger partial charge in [-0.2, -0.15) is 0 Å². The zero-order chi connectivity index (χ0) is 13.9. The molecule has 2 fully saturated rings. The zero-order valence-electron chi connectivity index (χ0n) is 11.6. The summed E-state index contributed by atoms with van der Waals surface area (Å²) < 4.78 is 13.4. The summed E-state index contributed by atoms with van der Waals surface area (Å²) in [5.41, 5.74) is 0.991. The van der Waals surface area contributed by atoms with Crippen LogP contribution < -0.4 is 10.6 Å². The molecule has 1 aromatic rings. The van der Waals surface area contributed by atoms with E-state index in [0.717, 1.165) is 44.3 Å². The lowest BCUT2D eigenvalue weighted by molar-refractivity contribution is -0.128. The Balaban J connectivity index is 1.71. The number of carbonyl (C=O) groups is 1. The van der Waals surface area contributed by atoms with Crippen molar-refractivity contribution >= 4 is 5.91 Å². The Bertz CT molecular complexity index is 487. The first-order valence-corrected chi connectivity index (χ1v) is 7.50. The zero-order valence-corrected chi connectivity index (χ0v) is 11.6. The molecule has 3 rings (SSSR count). The average molecular weight is 276 g/mol. The predicted molar refractivity (Wildman–Crippen MR) is 75.9 cm³/mol. The van der Waals surface area contributed by atoms with E-state index >= 15 is 0 Å². The maximum atomic E-state index is 13.4. The van der Waals surface area contributed by atoms with Gasteiger partial charge in [0.25, 0.3) is 0 Å². The second-order valence-corrected chi connectivity index (χ2v) is 5.90. The molecule has 2 aliphatic rings. The molecular weight excluding hydrogens is 255 g/mol. The van der Waals surface area contributed by atoms with Crippen LogP contribution in [0.2, 0.25) is 0 Å². The van der Waals surface area contributed by atoms with Crippen molar-refractivity contribution in [2.24, 2.45) is 5.92 Å². The van der Waals surface area contributed by atoms with E-state index in [1.54, 1.807) is 12.1 Å². The van der Waals surface area contributed by atoms with E-state index in [0.29, 0.717) is 0 Å². The van der Waals surface area contributed by atoms with Gasteiger partial charge in [-0.3, -0.25) is 4.79 Å². The van der Waals surface area contributed by atoms with Gasteiger partial charge in [0.2, 0.25) is 5.91 Å². The third-order valence-electron chi connectivity index (χ3n) is 4.56. The van der Waals surface area contributed by atoms with Crippen molar-refractivity contribution in [3.05, 3.63) is 35.6 Å². The van der Waals surface area contributed by atoms with Crippen LogP contribution in [0.15, 0.2) is 24.3 Å². The van der Waals surface area contributed by atoms with E-state index in [9.17, 15) is 9.18 Å². The van der Waals surface area contributed by atoms with Crippen molar-refractivity contribution in [3.8, 4) is 0 Å². The number of hydrogen-bond acceptors (Lipinski definition) is 2. The summed E-state index contributed by atoms with van der Waals surface area (Å²) in [7, 11) is 0. The fraction of sp³-hybridized carbons (Fsp3) is 0.562. The highest BCUT2D eigenvalue weighted by atomic mass is 19.1. The van der Waals surface area contributed by atoms with E-state index < -0.39 is 0 Å². The SMILES string of the molecule is O=C(NC1CNCCC1c1cccc(F)c1)C1CCC1. The molecule has 1 amide bonds. The van der Waals surface area contributed by atoms with Gasteiger partial charge in [-0.05, 0) is 43.5 Å². The standard InChI is InChI=1S/C16H21FN2O/c17-13-6-2-5-12(9-13)14-7-8-18-10-15(14)19-16(20)11-3-1-4-11/h2,5-6,9,11,14-15,18H,1,3-4,7-8,10H2,(H,19,20). The molecule has 1 aliphatic heterocycles. The maximum absolute atomic E-state index is 13.4. The van der Waals surface area contributed by atoms with E-state index in [-0.39, 0.29) is 29.6 Å². The first kappa shape index (κ1) is 13.6. The molecule has 20 heavy (non-hydrogen) atoms. The summed E-state index contributed by atoms with van der Waals surface area (Å²) in [6.45, 7) is 1.68. The number of amides is 1. The molecule has 2 unspecified atom stereocenters. The van der Waals surface area contributed by atoms with Gasteiger partial charge in [-0.15, -0.1) is 0 Å². The Hall–Kier alpha value is -1.42. The van der Waals surface area contributed by atoms with Gasteiger partial charge in [-0.1, -0.05) is 18.6 Å². The van der Waals surface area contributed by atoms with Crippen LogP contribution in [0.3, 0.4) is 0 Å². The van der Waals surface area contributed by atoms with Gasteiger partial charge in [0.1, 0.15) is 5.82 Å². The molecule has 1 heterocycles. The Labute approximate surface area is 118 Å². The van der Waals surface area contributed by atoms with Crippen LogP contribution in [0.4, 0.5) is 4.39 Å². The number of rotatable bonds is 3. The molecule has 0 spiro atoms. The minimum Gasteiger partial charge on any atom is -0.351 e. The Morgan fingerprint density at radius 3 is 2.85 bits per heavy atom. The van der Waals surface area contributed by atoms with E-state index in [4.69, 9.17) is 0 Å². The normalized spacial score (nSPS) is 26.9. The third kappa shape index (κ3) is 2.85. The monoisotopic (exact) mass is 276 g/mol. The van der Waals surface area contributed by atoms with Crippen molar-refractivity contribution < 1.29 is 9.18 Å². The van der Waals surface area contributed by atoms with E-state index in [1.807, 2.05) is 6.07 Å². The molecular formula is C16H21FN2O. The van der Waals surface area contributed by atoms with Crippen LogP contribution >= 0.6 is 0 Å². The molecule has 0 radical (unpaired) electrons. The Kier molecular flexibility index (Phi) is 4.01. The molecule has 2 atom stereocenters. The quantitative estimate of drug-likeness (QED) is 0.888. The van der Waals surface area contributed by atoms with Crippen LogP contribution in [0.25, 0.3) is 0 Å². The number of nitrogens with one attached hydrogen (secondary N) is 2. The van der Waals surface area contributed by atoms with Crippen molar-refractivity contribution in [2.45, 2.75) is 37.6 Å². The molecule has 4 heteroatoms. The Morgan fingerprint density at radius 2 is 2.15 bits per heavy atom. The summed E-state index contributed by atoms with van der Waals surface area (Å²) in [6, 6.07) is 6.84. The van der Waals surface area contributed by atoms with Crippen LogP contribution in [-0.2, 0) is 4.79 Å². The number of benzene rings is 1. The van der Waals surface area contributed by atoms with Crippen molar-refractivity contribution in [1.82, 2.24) is 10.6 Å². The predicted octanol–water partition coefficient (Wildman–Crippen LogP) is 2.19. The summed E-state index contributed by atoms with van der Waals surface area (Å²) in [6.07, 6.45) is 4.11. The van der Waals surface area contributed by atoms with Gasteiger partial charge in [0.05, 0.1) is 0 Å². The van der Waals surface area contributed by atoms with Gasteiger partial charge < -0.3 is 10.6 Å². The van der Waals surface area contributed by atoms with Gasteiger partial charge >= 0.3 is 0 Å². The second-order valence-electron chi connectivity index (χ2n) is 5.90. The van der Waals surface area contributed by atoms with Crippen molar-refractivity contribution in [2.75, 3.05) is 13.1 Å². The van der Waals surface area contributed by atoms with E-state index in [1.165, 1.54) is 6.07 Å². The molecule has 1 aliphatic carbocycles. The Morgan fingerprint density at radius 1 is 1.30 bits per heavy atom. The van der Waals surface area contributed by atoms with Gasteiger partial charge in [0, 0.05) is 24.4 Å². The molecule has 0 bridgehead atoms. The highest BCUT2D eigenvalue weighted by Gasteiger charge is 2.32. The molecule has 3 nitrogen and oxygen atoms in total. The minimum absolute atomic E-state index is 0.0682. The van der Waals surface area contributed by atoms with Gasteiger partial charge in [-0.25, -0.2) is 4.39 Å². The summed E-state index contributed by atoms with van der Waals surface area (Å²) in [4.78, 5) is 12.1. The lowest BCUT2D eigenvalue weighted by Crippen LogP contribution is -2.52. The van der Waals surface area contributed by atoms with Crippen LogP contribution in [0.1, 0.15) is 37.2 Å². The number of piperidine rings is 1. The molecule has 1 saturated heterocycles. The first-order valence-electron chi connectivity index (χ1n) is 7.50. The smallest absolute Gasteiger partial charge is 0.223 e. The lowest BCUT2D eigenvalue weighted by atomic mass is 9.82. The van der Waals surface area contributed by atoms with Gasteiger partial charge in [0.15, 0.2) is 0 Å². The highest BCUT2D eigenvalue weighted by Crippen LogP contribution is 2.29. The topological polar surface area (TPSA) is 41.1 Å². The maximum Gasteiger partial charge on any atom is 0.223 e. The molecule has 108 valence electrons. The van der Waals surface area contributed by atoms with Crippen LogP contribution in [0.5, 0.6) is 0 Å². The third-order valence-corrected chi connectivity index (χ3v) is 4.56. The number of carbonyl (C=O) groups excluding carboxylic acids is 1. The van der Waals surface area contributed by atoms with Crippen molar-refractivity contribution in [1.29, 1.82) is 0 Å². The van der Waals surface area contributed by atoms with Crippen LogP contribution in [0, 0.1) is 11.7 Å². The number of hydrogen-bond donors (Lipinski definition) is 2. The molecule has 0 aromatic heterocycles. The largest absolute Gasteiger partial charge is 0.351 e. The average Bonchev–Trinajstić information content (AvgIpc) is 2.37. The first-order chi connectivity index (χ1) is 9.74. The van der Waals surface area contributed by atoms with E-state index in [2.05, 4.69) is 10.6 Å². The number of halogens is 1. The minimum atomic E-state index is -0.204. The molecule has 1 aromatic carbocycles. The van der Waals surface area contributed by atoms with Crippen molar-refractivity contribution in [3.63, 3.8) is 0 Å². The lowest BCUT2D eigenvalue weighted by Gasteiger charge is -2.35. The summed E-state index contributed by atoms with van der Waals surface area (Å²) >= 11 is 0. The fourth-order valence-electron chi connectivity index (χ4n) is 3.12. The molecule has 1 saturated carbocycles. The highest BCUT2D eigenvalue weighted by molar-refractivity contribution is 5.79. The summed E-state index contributed by atoms with van der Waals surface area (Å²) in [5, 5.41) is 6.49. The molecule has 2 N–H and O–H groups in total. The fourth-order valence-corrected chi connectivity index (χ4v) is 3.12. The summed E-state index contributed by atoms with van der Waals surface area (Å²) in [5.74, 6) is 0.373.